The summed E-state index contributed by atoms with van der Waals surface area (Å²) in [6, 6.07) is 1.64. The Hall–Kier alpha value is -1.42. The first-order chi connectivity index (χ1) is 7.54. The van der Waals surface area contributed by atoms with Crippen LogP contribution in [0.1, 0.15) is 18.9 Å². The van der Waals surface area contributed by atoms with Gasteiger partial charge in [-0.2, -0.15) is 0 Å². The molecule has 0 bridgehead atoms. The maximum atomic E-state index is 11.6. The number of nitrogens with two attached hydrogens (primary N) is 1. The molecule has 1 aromatic carbocycles. The Kier molecular flexibility index (Phi) is 2.68. The number of carbonyl (C=O) groups excluding carboxylic acids is 1. The van der Waals surface area contributed by atoms with Gasteiger partial charge < -0.3 is 15.8 Å². The van der Waals surface area contributed by atoms with Gasteiger partial charge in [-0.1, -0.05) is 18.5 Å². The van der Waals surface area contributed by atoms with E-state index >= 15 is 0 Å². The predicted molar refractivity (Wildman–Crippen MR) is 63.9 cm³/mol. The lowest BCUT2D eigenvalue weighted by Crippen LogP contribution is -2.36. The average Bonchev–Trinajstić information content (AvgIpc) is 2.25. The van der Waals surface area contributed by atoms with Crippen molar-refractivity contribution in [3.8, 4) is 5.75 Å². The number of ether oxygens (including phenoxy) is 1. The molecule has 0 radical (unpaired) electrons. The van der Waals surface area contributed by atoms with Gasteiger partial charge in [0, 0.05) is 5.69 Å². The summed E-state index contributed by atoms with van der Waals surface area (Å²) in [4.78, 5) is 11.6. The van der Waals surface area contributed by atoms with E-state index in [1.54, 1.807) is 6.07 Å². The quantitative estimate of drug-likeness (QED) is 0.741. The molecule has 0 fully saturated rings. The van der Waals surface area contributed by atoms with Crippen molar-refractivity contribution >= 4 is 28.9 Å². The number of benzene rings is 1. The van der Waals surface area contributed by atoms with E-state index in [0.29, 0.717) is 28.6 Å². The molecule has 1 aromatic rings. The number of amides is 1. The van der Waals surface area contributed by atoms with Crippen molar-refractivity contribution in [3.63, 3.8) is 0 Å². The molecular formula is C11H13ClN2O2. The summed E-state index contributed by atoms with van der Waals surface area (Å²) in [5.74, 6) is 0.361. The van der Waals surface area contributed by atoms with Crippen LogP contribution < -0.4 is 15.8 Å². The number of carbonyl (C=O) groups is 1. The number of hydrogen-bond donors (Lipinski definition) is 2. The predicted octanol–water partition coefficient (Wildman–Crippen LogP) is 2.34. The summed E-state index contributed by atoms with van der Waals surface area (Å²) >= 11 is 6.03. The second-order valence-corrected chi connectivity index (χ2v) is 4.19. The highest BCUT2D eigenvalue weighted by molar-refractivity contribution is 6.33. The van der Waals surface area contributed by atoms with Crippen LogP contribution in [0.15, 0.2) is 6.07 Å². The maximum Gasteiger partial charge on any atom is 0.265 e. The third-order valence-corrected chi connectivity index (χ3v) is 2.99. The van der Waals surface area contributed by atoms with Gasteiger partial charge in [-0.25, -0.2) is 0 Å². The molecule has 1 atom stereocenters. The number of anilines is 2. The molecule has 4 nitrogen and oxygen atoms in total. The first-order valence-corrected chi connectivity index (χ1v) is 5.48. The van der Waals surface area contributed by atoms with Crippen LogP contribution in [0.2, 0.25) is 5.02 Å². The van der Waals surface area contributed by atoms with Crippen molar-refractivity contribution < 1.29 is 9.53 Å². The van der Waals surface area contributed by atoms with Gasteiger partial charge in [-0.3, -0.25) is 4.79 Å². The van der Waals surface area contributed by atoms with Crippen LogP contribution in [-0.4, -0.2) is 12.0 Å². The van der Waals surface area contributed by atoms with Crippen molar-refractivity contribution in [1.29, 1.82) is 0 Å². The Bertz CT molecular complexity index is 460. The summed E-state index contributed by atoms with van der Waals surface area (Å²) in [6.07, 6.45) is 0.124. The van der Waals surface area contributed by atoms with Crippen LogP contribution in [-0.2, 0) is 4.79 Å². The highest BCUT2D eigenvalue weighted by Gasteiger charge is 2.29. The smallest absolute Gasteiger partial charge is 0.265 e. The highest BCUT2D eigenvalue weighted by Crippen LogP contribution is 2.42. The molecule has 16 heavy (non-hydrogen) atoms. The van der Waals surface area contributed by atoms with E-state index in [1.807, 2.05) is 13.8 Å². The maximum absolute atomic E-state index is 11.6. The summed E-state index contributed by atoms with van der Waals surface area (Å²) in [5, 5.41) is 3.21. The average molecular weight is 241 g/mol. The van der Waals surface area contributed by atoms with Crippen LogP contribution in [0.3, 0.4) is 0 Å². The molecule has 0 aliphatic carbocycles. The van der Waals surface area contributed by atoms with Gasteiger partial charge in [-0.15, -0.1) is 0 Å². The molecule has 1 heterocycles. The third-order valence-electron chi connectivity index (χ3n) is 2.71. The summed E-state index contributed by atoms with van der Waals surface area (Å²) in [7, 11) is 0. The molecule has 1 aliphatic rings. The van der Waals surface area contributed by atoms with E-state index in [1.165, 1.54) is 0 Å². The van der Waals surface area contributed by atoms with Gasteiger partial charge in [0.15, 0.2) is 11.9 Å². The Morgan fingerprint density at radius 1 is 1.62 bits per heavy atom. The number of nitrogen functional groups attached to an aromatic ring is 1. The lowest BCUT2D eigenvalue weighted by atomic mass is 10.1. The van der Waals surface area contributed by atoms with Crippen LogP contribution in [0.25, 0.3) is 0 Å². The molecule has 3 N–H and O–H groups in total. The van der Waals surface area contributed by atoms with E-state index in [4.69, 9.17) is 22.1 Å². The lowest BCUT2D eigenvalue weighted by molar-refractivity contribution is -0.123. The fourth-order valence-corrected chi connectivity index (χ4v) is 1.93. The van der Waals surface area contributed by atoms with Gasteiger partial charge in [-0.05, 0) is 25.0 Å². The van der Waals surface area contributed by atoms with Crippen molar-refractivity contribution in [1.82, 2.24) is 0 Å². The standard InChI is InChI=1S/C11H13ClN2O2/c1-3-8-11(15)14-9-5(2)7(13)4-6(12)10(9)16-8/h4,8H,3,13H2,1-2H3,(H,14,15). The second kappa shape index (κ2) is 3.87. The van der Waals surface area contributed by atoms with Crippen molar-refractivity contribution in [2.24, 2.45) is 0 Å². The molecular weight excluding hydrogens is 228 g/mol. The molecule has 0 saturated carbocycles. The van der Waals surface area contributed by atoms with Crippen molar-refractivity contribution in [2.45, 2.75) is 26.4 Å². The molecule has 2 rings (SSSR count). The zero-order valence-electron chi connectivity index (χ0n) is 9.13. The van der Waals surface area contributed by atoms with Gasteiger partial charge in [0.2, 0.25) is 0 Å². The normalized spacial score (nSPS) is 18.7. The minimum absolute atomic E-state index is 0.153. The Labute approximate surface area is 98.7 Å². The number of hydrogen-bond acceptors (Lipinski definition) is 3. The Balaban J connectivity index is 2.54. The zero-order chi connectivity index (χ0) is 11.9. The van der Waals surface area contributed by atoms with Crippen LogP contribution in [0, 0.1) is 6.92 Å². The van der Waals surface area contributed by atoms with Crippen LogP contribution in [0.4, 0.5) is 11.4 Å². The summed E-state index contributed by atoms with van der Waals surface area (Å²) in [6.45, 7) is 3.70. The van der Waals surface area contributed by atoms with Gasteiger partial charge in [0.25, 0.3) is 5.91 Å². The highest BCUT2D eigenvalue weighted by atomic mass is 35.5. The monoisotopic (exact) mass is 240 g/mol. The largest absolute Gasteiger partial charge is 0.477 e. The molecule has 0 spiro atoms. The molecule has 1 unspecified atom stereocenters. The lowest BCUT2D eigenvalue weighted by Gasteiger charge is -2.27. The van der Waals surface area contributed by atoms with E-state index < -0.39 is 6.10 Å². The van der Waals surface area contributed by atoms with Crippen molar-refractivity contribution in [3.05, 3.63) is 16.7 Å². The molecule has 86 valence electrons. The minimum atomic E-state index is -0.479. The van der Waals surface area contributed by atoms with Crippen molar-refractivity contribution in [2.75, 3.05) is 11.1 Å². The third kappa shape index (κ3) is 1.59. The Morgan fingerprint density at radius 3 is 2.94 bits per heavy atom. The number of nitrogens with one attached hydrogen (secondary N) is 1. The molecule has 1 aliphatic heterocycles. The van der Waals surface area contributed by atoms with E-state index in [0.717, 1.165) is 5.56 Å². The first-order valence-electron chi connectivity index (χ1n) is 5.10. The number of halogens is 1. The fraction of sp³-hybridized carbons (Fsp3) is 0.364. The van der Waals surface area contributed by atoms with Gasteiger partial charge in [0.05, 0.1) is 10.7 Å². The molecule has 1 amide bonds. The van der Waals surface area contributed by atoms with Gasteiger partial charge in [0.1, 0.15) is 0 Å². The summed E-state index contributed by atoms with van der Waals surface area (Å²) < 4.78 is 5.56. The SMILES string of the molecule is CCC1Oc2c(Cl)cc(N)c(C)c2NC1=O. The van der Waals surface area contributed by atoms with E-state index in [9.17, 15) is 4.79 Å². The van der Waals surface area contributed by atoms with E-state index in [2.05, 4.69) is 5.32 Å². The van der Waals surface area contributed by atoms with Crippen LogP contribution in [0.5, 0.6) is 5.75 Å². The number of rotatable bonds is 1. The first kappa shape index (κ1) is 11.1. The number of fused-ring (bicyclic) bond motifs is 1. The zero-order valence-corrected chi connectivity index (χ0v) is 9.89. The second-order valence-electron chi connectivity index (χ2n) is 3.78. The minimum Gasteiger partial charge on any atom is -0.477 e. The fourth-order valence-electron chi connectivity index (χ4n) is 1.68. The molecule has 0 aromatic heterocycles. The molecule has 0 saturated heterocycles. The van der Waals surface area contributed by atoms with Crippen LogP contribution >= 0.6 is 11.6 Å². The topological polar surface area (TPSA) is 64.3 Å². The Morgan fingerprint density at radius 2 is 2.31 bits per heavy atom. The van der Waals surface area contributed by atoms with E-state index in [-0.39, 0.29) is 5.91 Å². The van der Waals surface area contributed by atoms with Gasteiger partial charge >= 0.3 is 0 Å². The summed E-state index contributed by atoms with van der Waals surface area (Å²) in [5.41, 5.74) is 7.67. The molecule has 5 heteroatoms.